The average molecular weight is 557 g/mol. The zero-order chi connectivity index (χ0) is 28.8. The number of nitrogens with one attached hydrogen (secondary N) is 2. The Bertz CT molecular complexity index is 1330. The van der Waals surface area contributed by atoms with Crippen molar-refractivity contribution >= 4 is 18.0 Å². The predicted octanol–water partition coefficient (Wildman–Crippen LogP) is 5.12. The quantitative estimate of drug-likeness (QED) is 0.286. The number of benzene rings is 3. The normalized spacial score (nSPS) is 18.8. The monoisotopic (exact) mass is 556 g/mol. The number of rotatable bonds is 12. The first-order valence-electron chi connectivity index (χ1n) is 14.2. The number of hydrogen-bond donors (Lipinski definition) is 3. The summed E-state index contributed by atoms with van der Waals surface area (Å²) in [4.78, 5) is 36.8. The lowest BCUT2D eigenvalue weighted by atomic mass is 9.73. The van der Waals surface area contributed by atoms with Gasteiger partial charge in [-0.15, -0.1) is 0 Å². The number of carbonyl (C=O) groups is 3. The van der Waals surface area contributed by atoms with Gasteiger partial charge in [-0.2, -0.15) is 0 Å². The number of alkyl carbamates (subject to hydrolysis) is 1. The van der Waals surface area contributed by atoms with E-state index in [0.29, 0.717) is 6.54 Å². The van der Waals surface area contributed by atoms with Crippen LogP contribution in [0.3, 0.4) is 0 Å². The Morgan fingerprint density at radius 3 is 2.12 bits per heavy atom. The molecule has 0 heterocycles. The molecule has 3 aromatic carbocycles. The van der Waals surface area contributed by atoms with Crippen molar-refractivity contribution in [3.8, 4) is 11.1 Å². The number of hydrogen-bond acceptors (Lipinski definition) is 5. The lowest BCUT2D eigenvalue weighted by Gasteiger charge is -2.35. The molecule has 3 N–H and O–H groups in total. The van der Waals surface area contributed by atoms with E-state index in [4.69, 9.17) is 9.47 Å². The standard InChI is InChI=1S/C33H36N2O6/c1-21(40-19-22-9-3-2-4-10-22)31(32(37)38)35-30(36)17-23-15-24(16-23)18-34-33(39)41-20-29-27-13-7-5-11-25(27)26-12-6-8-14-28(26)29/h2-14,21,23-24,29,31H,15-20H2,1H3,(H,34,39)(H,35,36)(H,37,38)/t21-,23?,24?,31+/m0/s1. The molecule has 0 radical (unpaired) electrons. The van der Waals surface area contributed by atoms with E-state index >= 15 is 0 Å². The number of fused-ring (bicyclic) bond motifs is 3. The largest absolute Gasteiger partial charge is 0.480 e. The number of carboxylic acids is 1. The highest BCUT2D eigenvalue weighted by atomic mass is 16.5. The van der Waals surface area contributed by atoms with Crippen molar-refractivity contribution in [1.82, 2.24) is 10.6 Å². The van der Waals surface area contributed by atoms with Crippen LogP contribution in [-0.2, 0) is 25.7 Å². The maximum Gasteiger partial charge on any atom is 0.407 e. The maximum absolute atomic E-state index is 12.6. The molecule has 214 valence electrons. The zero-order valence-corrected chi connectivity index (χ0v) is 23.1. The third-order valence-corrected chi connectivity index (χ3v) is 8.09. The van der Waals surface area contributed by atoms with Crippen molar-refractivity contribution < 1.29 is 29.0 Å². The van der Waals surface area contributed by atoms with Crippen LogP contribution in [-0.4, -0.2) is 48.4 Å². The SMILES string of the molecule is C[C@H](OCc1ccccc1)[C@@H](NC(=O)CC1CC(CNC(=O)OCC2c3ccccc3-c3ccccc32)C1)C(=O)O. The minimum absolute atomic E-state index is 0.0147. The molecular formula is C33H36N2O6. The molecule has 41 heavy (non-hydrogen) atoms. The second-order valence-corrected chi connectivity index (χ2v) is 11.0. The van der Waals surface area contributed by atoms with Gasteiger partial charge in [0.25, 0.3) is 0 Å². The average Bonchev–Trinajstić information content (AvgIpc) is 3.28. The van der Waals surface area contributed by atoms with Gasteiger partial charge < -0.3 is 25.2 Å². The second-order valence-electron chi connectivity index (χ2n) is 11.0. The van der Waals surface area contributed by atoms with E-state index in [0.717, 1.165) is 18.4 Å². The molecule has 8 nitrogen and oxygen atoms in total. The molecule has 0 saturated heterocycles. The number of carboxylic acid groups (broad SMARTS) is 1. The Morgan fingerprint density at radius 2 is 1.49 bits per heavy atom. The van der Waals surface area contributed by atoms with Crippen LogP contribution < -0.4 is 10.6 Å². The van der Waals surface area contributed by atoms with Crippen LogP contribution in [0.15, 0.2) is 78.9 Å². The van der Waals surface area contributed by atoms with Crippen LogP contribution in [0.2, 0.25) is 0 Å². The molecule has 3 aromatic rings. The summed E-state index contributed by atoms with van der Waals surface area (Å²) in [6.45, 7) is 2.67. The number of amides is 2. The van der Waals surface area contributed by atoms with Crippen molar-refractivity contribution in [3.05, 3.63) is 95.6 Å². The Hall–Kier alpha value is -4.17. The lowest BCUT2D eigenvalue weighted by Crippen LogP contribution is -2.49. The van der Waals surface area contributed by atoms with Crippen LogP contribution in [0.4, 0.5) is 4.79 Å². The van der Waals surface area contributed by atoms with E-state index in [1.165, 1.54) is 22.3 Å². The molecule has 0 bridgehead atoms. The van der Waals surface area contributed by atoms with Crippen molar-refractivity contribution in [2.24, 2.45) is 11.8 Å². The van der Waals surface area contributed by atoms with E-state index in [1.807, 2.05) is 54.6 Å². The maximum atomic E-state index is 12.6. The summed E-state index contributed by atoms with van der Waals surface area (Å²) < 4.78 is 11.3. The fourth-order valence-corrected chi connectivity index (χ4v) is 5.86. The molecule has 1 saturated carbocycles. The Morgan fingerprint density at radius 1 is 0.878 bits per heavy atom. The molecule has 1 fully saturated rings. The van der Waals surface area contributed by atoms with Gasteiger partial charge in [-0.3, -0.25) is 4.79 Å². The molecule has 2 amide bonds. The third kappa shape index (κ3) is 6.95. The summed E-state index contributed by atoms with van der Waals surface area (Å²) >= 11 is 0. The summed E-state index contributed by atoms with van der Waals surface area (Å²) in [5, 5.41) is 15.1. The fourth-order valence-electron chi connectivity index (χ4n) is 5.86. The molecule has 0 aliphatic heterocycles. The van der Waals surface area contributed by atoms with Crippen LogP contribution in [0, 0.1) is 11.8 Å². The van der Waals surface area contributed by atoms with Crippen molar-refractivity contribution in [1.29, 1.82) is 0 Å². The van der Waals surface area contributed by atoms with Gasteiger partial charge in [0.1, 0.15) is 6.61 Å². The summed E-state index contributed by atoms with van der Waals surface area (Å²) in [6.07, 6.45) is 0.689. The molecule has 2 aliphatic carbocycles. The Kier molecular flexibility index (Phi) is 8.99. The number of aliphatic carboxylic acids is 1. The highest BCUT2D eigenvalue weighted by molar-refractivity contribution is 5.84. The van der Waals surface area contributed by atoms with Gasteiger partial charge in [0.05, 0.1) is 12.7 Å². The van der Waals surface area contributed by atoms with Gasteiger partial charge >= 0.3 is 12.1 Å². The van der Waals surface area contributed by atoms with E-state index in [1.54, 1.807) is 6.92 Å². The summed E-state index contributed by atoms with van der Waals surface area (Å²) in [7, 11) is 0. The zero-order valence-electron chi connectivity index (χ0n) is 23.1. The van der Waals surface area contributed by atoms with Gasteiger partial charge in [0, 0.05) is 18.9 Å². The molecule has 8 heteroatoms. The molecule has 0 unspecified atom stereocenters. The van der Waals surface area contributed by atoms with Crippen molar-refractivity contribution in [2.45, 2.75) is 50.9 Å². The topological polar surface area (TPSA) is 114 Å². The highest BCUT2D eigenvalue weighted by Gasteiger charge is 2.34. The minimum Gasteiger partial charge on any atom is -0.480 e. The Labute approximate surface area is 240 Å². The fraction of sp³-hybridized carbons (Fsp3) is 0.364. The van der Waals surface area contributed by atoms with Crippen LogP contribution >= 0.6 is 0 Å². The van der Waals surface area contributed by atoms with Crippen LogP contribution in [0.25, 0.3) is 11.1 Å². The Balaban J connectivity index is 1.00. The van der Waals surface area contributed by atoms with E-state index in [2.05, 4.69) is 34.9 Å². The van der Waals surface area contributed by atoms with Gasteiger partial charge in [0.2, 0.25) is 5.91 Å². The summed E-state index contributed by atoms with van der Waals surface area (Å²) in [5.74, 6) is -1.00. The number of carbonyl (C=O) groups excluding carboxylic acids is 2. The van der Waals surface area contributed by atoms with E-state index in [-0.39, 0.29) is 43.3 Å². The molecule has 0 spiro atoms. The highest BCUT2D eigenvalue weighted by Crippen LogP contribution is 2.44. The van der Waals surface area contributed by atoms with Gasteiger partial charge in [-0.05, 0) is 59.4 Å². The molecular weight excluding hydrogens is 520 g/mol. The molecule has 0 aromatic heterocycles. The van der Waals surface area contributed by atoms with Crippen LogP contribution in [0.1, 0.15) is 48.8 Å². The van der Waals surface area contributed by atoms with Gasteiger partial charge in [0.15, 0.2) is 6.04 Å². The molecule has 2 aliphatic rings. The van der Waals surface area contributed by atoms with Crippen molar-refractivity contribution in [3.63, 3.8) is 0 Å². The third-order valence-electron chi connectivity index (χ3n) is 8.09. The van der Waals surface area contributed by atoms with Gasteiger partial charge in [-0.1, -0.05) is 78.9 Å². The molecule has 2 atom stereocenters. The first-order valence-corrected chi connectivity index (χ1v) is 14.2. The first kappa shape index (κ1) is 28.4. The van der Waals surface area contributed by atoms with Crippen molar-refractivity contribution in [2.75, 3.05) is 13.2 Å². The lowest BCUT2D eigenvalue weighted by molar-refractivity contribution is -0.146. The minimum atomic E-state index is -1.13. The smallest absolute Gasteiger partial charge is 0.407 e. The molecule has 5 rings (SSSR count). The van der Waals surface area contributed by atoms with E-state index in [9.17, 15) is 19.5 Å². The number of ether oxygens (including phenoxy) is 2. The first-order chi connectivity index (χ1) is 19.9. The van der Waals surface area contributed by atoms with Crippen LogP contribution in [0.5, 0.6) is 0 Å². The summed E-state index contributed by atoms with van der Waals surface area (Å²) in [5.41, 5.74) is 5.64. The second kappa shape index (κ2) is 13.0. The summed E-state index contributed by atoms with van der Waals surface area (Å²) in [6, 6.07) is 24.8. The predicted molar refractivity (Wildman–Crippen MR) is 154 cm³/mol. The van der Waals surface area contributed by atoms with E-state index < -0.39 is 24.2 Å². The van der Waals surface area contributed by atoms with Gasteiger partial charge in [-0.25, -0.2) is 9.59 Å².